The van der Waals surface area contributed by atoms with Crippen LogP contribution in [-0.4, -0.2) is 37.2 Å². The molecule has 2 aromatic carbocycles. The van der Waals surface area contributed by atoms with Gasteiger partial charge in [-0.05, 0) is 35.9 Å². The molecular formula is C19H21ClN4O2S. The molecule has 0 saturated carbocycles. The zero-order valence-electron chi connectivity index (χ0n) is 14.7. The molecule has 0 spiro atoms. The molecule has 0 radical (unpaired) electrons. The molecule has 6 nitrogen and oxygen atoms in total. The summed E-state index contributed by atoms with van der Waals surface area (Å²) in [5.41, 5.74) is 8.92. The van der Waals surface area contributed by atoms with Crippen LogP contribution in [0.3, 0.4) is 0 Å². The number of carbonyl (C=O) groups is 1. The zero-order valence-corrected chi connectivity index (χ0v) is 16.3. The first-order valence-corrected chi connectivity index (χ1v) is 9.38. The number of hydrogen-bond donors (Lipinski definition) is 2. The van der Waals surface area contributed by atoms with Gasteiger partial charge < -0.3 is 20.7 Å². The number of hydrogen-bond acceptors (Lipinski definition) is 6. The first-order valence-electron chi connectivity index (χ1n) is 8.56. The fraction of sp³-hybridized carbons (Fsp3) is 0.263. The number of nitrogens with one attached hydrogen (secondary N) is 1. The van der Waals surface area contributed by atoms with Crippen LogP contribution < -0.4 is 16.0 Å². The summed E-state index contributed by atoms with van der Waals surface area (Å²) in [5.74, 6) is -0.133. The Bertz CT molecular complexity index is 923. The molecule has 0 aliphatic carbocycles. The molecule has 0 unspecified atom stereocenters. The highest BCUT2D eigenvalue weighted by molar-refractivity contribution is 7.22. The van der Waals surface area contributed by atoms with Crippen molar-refractivity contribution in [2.45, 2.75) is 6.54 Å². The van der Waals surface area contributed by atoms with Gasteiger partial charge in [0.25, 0.3) is 5.91 Å². The predicted octanol–water partition coefficient (Wildman–Crippen LogP) is 3.27. The topological polar surface area (TPSA) is 80.5 Å². The van der Waals surface area contributed by atoms with Crippen LogP contribution in [0.2, 0.25) is 0 Å². The number of amides is 1. The molecular weight excluding hydrogens is 384 g/mol. The van der Waals surface area contributed by atoms with Crippen molar-refractivity contribution < 1.29 is 9.53 Å². The Kier molecular flexibility index (Phi) is 6.28. The number of halogens is 1. The predicted molar refractivity (Wildman–Crippen MR) is 112 cm³/mol. The molecule has 27 heavy (non-hydrogen) atoms. The van der Waals surface area contributed by atoms with Crippen molar-refractivity contribution in [1.29, 1.82) is 0 Å². The normalized spacial score (nSPS) is 14.0. The van der Waals surface area contributed by atoms with Crippen molar-refractivity contribution in [3.05, 3.63) is 53.6 Å². The highest BCUT2D eigenvalue weighted by Crippen LogP contribution is 2.31. The van der Waals surface area contributed by atoms with E-state index in [1.165, 1.54) is 0 Å². The molecule has 0 atom stereocenters. The average Bonchev–Trinajstić information content (AvgIpc) is 3.12. The maximum Gasteiger partial charge on any atom is 0.255 e. The quantitative estimate of drug-likeness (QED) is 0.697. The number of morpholine rings is 1. The number of carbonyl (C=O) groups excluding carboxylic acids is 1. The molecule has 1 aliphatic heterocycles. The third-order valence-electron chi connectivity index (χ3n) is 4.37. The molecule has 142 valence electrons. The van der Waals surface area contributed by atoms with Gasteiger partial charge >= 0.3 is 0 Å². The summed E-state index contributed by atoms with van der Waals surface area (Å²) >= 11 is 1.64. The number of fused-ring (bicyclic) bond motifs is 1. The van der Waals surface area contributed by atoms with Gasteiger partial charge in [0, 0.05) is 30.9 Å². The van der Waals surface area contributed by atoms with E-state index in [0.717, 1.165) is 52.9 Å². The van der Waals surface area contributed by atoms with Crippen molar-refractivity contribution >= 4 is 50.7 Å². The summed E-state index contributed by atoms with van der Waals surface area (Å²) in [4.78, 5) is 19.4. The first kappa shape index (κ1) is 19.6. The number of rotatable bonds is 4. The summed E-state index contributed by atoms with van der Waals surface area (Å²) < 4.78 is 6.45. The van der Waals surface area contributed by atoms with Crippen molar-refractivity contribution in [2.75, 3.05) is 36.5 Å². The number of anilines is 2. The van der Waals surface area contributed by atoms with Crippen molar-refractivity contribution in [3.63, 3.8) is 0 Å². The van der Waals surface area contributed by atoms with Gasteiger partial charge in [-0.15, -0.1) is 12.4 Å². The van der Waals surface area contributed by atoms with E-state index in [2.05, 4.69) is 10.2 Å². The maximum atomic E-state index is 12.4. The van der Waals surface area contributed by atoms with Crippen LogP contribution in [0.1, 0.15) is 15.9 Å². The molecule has 4 rings (SSSR count). The van der Waals surface area contributed by atoms with E-state index in [0.29, 0.717) is 12.1 Å². The van der Waals surface area contributed by atoms with E-state index in [9.17, 15) is 4.79 Å². The number of thiazole rings is 1. The van der Waals surface area contributed by atoms with E-state index >= 15 is 0 Å². The van der Waals surface area contributed by atoms with Crippen LogP contribution in [0.5, 0.6) is 0 Å². The third kappa shape index (κ3) is 4.39. The molecule has 1 fully saturated rings. The van der Waals surface area contributed by atoms with Gasteiger partial charge in [0.2, 0.25) is 0 Å². The van der Waals surface area contributed by atoms with Crippen molar-refractivity contribution in [2.24, 2.45) is 5.73 Å². The second-order valence-corrected chi connectivity index (χ2v) is 7.14. The van der Waals surface area contributed by atoms with E-state index in [1.807, 2.05) is 30.3 Å². The van der Waals surface area contributed by atoms with Gasteiger partial charge in [0.1, 0.15) is 0 Å². The molecule has 1 saturated heterocycles. The standard InChI is InChI=1S/C19H20N4O2S.ClH/c20-12-13-1-3-14(4-2-13)18(24)21-15-5-6-16-17(11-15)26-19(22-16)23-7-9-25-10-8-23;/h1-6,11H,7-10,12,20H2,(H,21,24);1H. The van der Waals surface area contributed by atoms with Crippen LogP contribution >= 0.6 is 23.7 Å². The van der Waals surface area contributed by atoms with Crippen LogP contribution in [0.15, 0.2) is 42.5 Å². The molecule has 0 bridgehead atoms. The van der Waals surface area contributed by atoms with Gasteiger partial charge in [-0.25, -0.2) is 4.98 Å². The Morgan fingerprint density at radius 1 is 1.19 bits per heavy atom. The minimum atomic E-state index is -0.133. The van der Waals surface area contributed by atoms with Gasteiger partial charge in [0.05, 0.1) is 23.4 Å². The molecule has 8 heteroatoms. The zero-order chi connectivity index (χ0) is 17.9. The van der Waals surface area contributed by atoms with Crippen LogP contribution in [0.4, 0.5) is 10.8 Å². The lowest BCUT2D eigenvalue weighted by Crippen LogP contribution is -2.36. The number of ether oxygens (including phenoxy) is 1. The second kappa shape index (κ2) is 8.67. The molecule has 3 aromatic rings. The Morgan fingerprint density at radius 2 is 1.93 bits per heavy atom. The number of nitrogens with two attached hydrogens (primary N) is 1. The van der Waals surface area contributed by atoms with Gasteiger partial charge in [-0.2, -0.15) is 0 Å². The summed E-state index contributed by atoms with van der Waals surface area (Å²) in [7, 11) is 0. The van der Waals surface area contributed by atoms with Crippen molar-refractivity contribution in [3.8, 4) is 0 Å². The smallest absolute Gasteiger partial charge is 0.255 e. The van der Waals surface area contributed by atoms with Gasteiger partial charge in [0.15, 0.2) is 5.13 Å². The highest BCUT2D eigenvalue weighted by atomic mass is 35.5. The van der Waals surface area contributed by atoms with E-state index < -0.39 is 0 Å². The molecule has 2 heterocycles. The van der Waals surface area contributed by atoms with Crippen LogP contribution in [0, 0.1) is 0 Å². The lowest BCUT2D eigenvalue weighted by Gasteiger charge is -2.25. The average molecular weight is 405 g/mol. The summed E-state index contributed by atoms with van der Waals surface area (Å²) in [6, 6.07) is 13.1. The number of nitrogens with zero attached hydrogens (tertiary/aromatic N) is 2. The summed E-state index contributed by atoms with van der Waals surface area (Å²) in [5, 5.41) is 3.96. The van der Waals surface area contributed by atoms with Gasteiger partial charge in [-0.3, -0.25) is 4.79 Å². The van der Waals surface area contributed by atoms with E-state index in [-0.39, 0.29) is 18.3 Å². The Hall–Kier alpha value is -2.19. The Labute approximate surface area is 167 Å². The van der Waals surface area contributed by atoms with Crippen molar-refractivity contribution in [1.82, 2.24) is 4.98 Å². The summed E-state index contributed by atoms with van der Waals surface area (Å²) in [6.45, 7) is 3.67. The minimum absolute atomic E-state index is 0. The Balaban J connectivity index is 0.00000210. The number of aromatic nitrogens is 1. The lowest BCUT2D eigenvalue weighted by atomic mass is 10.1. The minimum Gasteiger partial charge on any atom is -0.378 e. The SMILES string of the molecule is Cl.NCc1ccc(C(=O)Nc2ccc3nc(N4CCOCC4)sc3c2)cc1. The highest BCUT2D eigenvalue weighted by Gasteiger charge is 2.16. The molecule has 1 aliphatic rings. The van der Waals surface area contributed by atoms with Gasteiger partial charge in [-0.1, -0.05) is 23.5 Å². The Morgan fingerprint density at radius 3 is 2.63 bits per heavy atom. The largest absolute Gasteiger partial charge is 0.378 e. The first-order chi connectivity index (χ1) is 12.7. The van der Waals surface area contributed by atoms with Crippen LogP contribution in [0.25, 0.3) is 10.2 Å². The molecule has 1 aromatic heterocycles. The number of benzene rings is 2. The van der Waals surface area contributed by atoms with E-state index in [1.54, 1.807) is 23.5 Å². The lowest BCUT2D eigenvalue weighted by molar-refractivity contribution is 0.102. The molecule has 3 N–H and O–H groups in total. The van der Waals surface area contributed by atoms with Crippen LogP contribution in [-0.2, 0) is 11.3 Å². The summed E-state index contributed by atoms with van der Waals surface area (Å²) in [6.07, 6.45) is 0. The second-order valence-electron chi connectivity index (χ2n) is 6.13. The monoisotopic (exact) mass is 404 g/mol. The third-order valence-corrected chi connectivity index (χ3v) is 5.45. The maximum absolute atomic E-state index is 12.4. The molecule has 1 amide bonds. The van der Waals surface area contributed by atoms with E-state index in [4.69, 9.17) is 15.5 Å². The fourth-order valence-electron chi connectivity index (χ4n) is 2.88. The fourth-order valence-corrected chi connectivity index (χ4v) is 3.93.